The number of ether oxygens (including phenoxy) is 1. The Bertz CT molecular complexity index is 1360. The first-order chi connectivity index (χ1) is 15.3. The van der Waals surface area contributed by atoms with Crippen LogP contribution in [0.4, 0.5) is 10.5 Å². The van der Waals surface area contributed by atoms with Gasteiger partial charge in [0.1, 0.15) is 10.8 Å². The van der Waals surface area contributed by atoms with Gasteiger partial charge in [-0.25, -0.2) is 9.78 Å². The molecule has 4 rings (SSSR count). The number of benzene rings is 3. The van der Waals surface area contributed by atoms with Crippen molar-refractivity contribution in [2.75, 3.05) is 0 Å². The van der Waals surface area contributed by atoms with E-state index < -0.39 is 11.1 Å². The lowest BCUT2D eigenvalue weighted by molar-refractivity contribution is -0.384. The van der Waals surface area contributed by atoms with Crippen LogP contribution in [0, 0.1) is 10.1 Å². The average molecular weight is 487 g/mol. The maximum Gasteiger partial charge on any atom is 0.511 e. The number of nitro benzene ring substituents is 1. The van der Waals surface area contributed by atoms with Crippen LogP contribution in [0.15, 0.2) is 66.0 Å². The first kappa shape index (κ1) is 21.8. The van der Waals surface area contributed by atoms with E-state index in [0.29, 0.717) is 31.9 Å². The third-order valence-electron chi connectivity index (χ3n) is 4.53. The predicted molar refractivity (Wildman–Crippen MR) is 124 cm³/mol. The molecule has 3 aromatic carbocycles. The first-order valence-corrected chi connectivity index (χ1v) is 10.7. The molecule has 0 saturated carbocycles. The number of halogens is 2. The minimum Gasteiger partial charge on any atom is -0.449 e. The van der Waals surface area contributed by atoms with E-state index in [0.717, 1.165) is 0 Å². The summed E-state index contributed by atoms with van der Waals surface area (Å²) in [6.45, 7) is 0. The highest BCUT2D eigenvalue weighted by Crippen LogP contribution is 2.40. The number of carbonyl (C=O) groups is 1. The van der Waals surface area contributed by atoms with Crippen LogP contribution in [-0.2, 0) is 0 Å². The second kappa shape index (κ2) is 8.96. The van der Waals surface area contributed by atoms with Crippen molar-refractivity contribution in [1.82, 2.24) is 4.98 Å². The molecule has 7 nitrogen and oxygen atoms in total. The number of rotatable bonds is 5. The highest BCUT2D eigenvalue weighted by Gasteiger charge is 2.20. The van der Waals surface area contributed by atoms with Gasteiger partial charge in [0, 0.05) is 33.2 Å². The quantitative estimate of drug-likeness (QED) is 0.136. The lowest BCUT2D eigenvalue weighted by Crippen LogP contribution is -2.05. The Labute approximate surface area is 195 Å². The number of aromatic nitrogens is 1. The van der Waals surface area contributed by atoms with E-state index in [1.165, 1.54) is 35.6 Å². The van der Waals surface area contributed by atoms with Crippen LogP contribution in [0.3, 0.4) is 0 Å². The highest BCUT2D eigenvalue weighted by atomic mass is 35.5. The minimum absolute atomic E-state index is 0.0400. The second-order valence-electron chi connectivity index (χ2n) is 6.52. The van der Waals surface area contributed by atoms with Gasteiger partial charge in [0.05, 0.1) is 21.2 Å². The Morgan fingerprint density at radius 2 is 1.81 bits per heavy atom. The Kier molecular flexibility index (Phi) is 6.09. The van der Waals surface area contributed by atoms with Crippen LogP contribution in [0.5, 0.6) is 5.75 Å². The molecule has 10 heteroatoms. The molecule has 0 aliphatic heterocycles. The fourth-order valence-corrected chi connectivity index (χ4v) is 4.34. The van der Waals surface area contributed by atoms with E-state index in [1.54, 1.807) is 41.8 Å². The summed E-state index contributed by atoms with van der Waals surface area (Å²) < 4.78 is 4.96. The summed E-state index contributed by atoms with van der Waals surface area (Å²) in [5, 5.41) is 24.0. The zero-order valence-corrected chi connectivity index (χ0v) is 18.3. The van der Waals surface area contributed by atoms with E-state index in [2.05, 4.69) is 4.98 Å². The normalized spacial score (nSPS) is 10.7. The Morgan fingerprint density at radius 3 is 2.56 bits per heavy atom. The SMILES string of the molecule is O=C(O)Oc1cc(-c2nc(-c3cc(Cl)ccc3Cl)cs2)ccc1-c1ccccc1[N+](=O)[O-]. The molecule has 0 saturated heterocycles. The molecule has 0 aliphatic carbocycles. The van der Waals surface area contributed by atoms with Gasteiger partial charge >= 0.3 is 6.16 Å². The minimum atomic E-state index is -1.53. The van der Waals surface area contributed by atoms with E-state index >= 15 is 0 Å². The highest BCUT2D eigenvalue weighted by molar-refractivity contribution is 7.13. The molecule has 1 N–H and O–H groups in total. The number of thiazole rings is 1. The summed E-state index contributed by atoms with van der Waals surface area (Å²) in [5.74, 6) is -0.0400. The molecule has 0 unspecified atom stereocenters. The third kappa shape index (κ3) is 4.43. The van der Waals surface area contributed by atoms with Crippen molar-refractivity contribution >= 4 is 46.4 Å². The molecular weight excluding hydrogens is 475 g/mol. The Hall–Kier alpha value is -3.46. The molecule has 0 radical (unpaired) electrons. The maximum absolute atomic E-state index is 11.4. The standard InChI is InChI=1S/C22H12Cl2N2O5S/c23-13-6-8-17(24)16(10-13)18-11-32-21(25-18)12-5-7-15(20(9-12)31-22(27)28)14-3-1-2-4-19(14)26(29)30/h1-11H,(H,27,28). The van der Waals surface area contributed by atoms with Crippen LogP contribution < -0.4 is 4.74 Å². The monoisotopic (exact) mass is 486 g/mol. The molecule has 0 spiro atoms. The molecule has 0 bridgehead atoms. The molecule has 0 amide bonds. The van der Waals surface area contributed by atoms with Gasteiger partial charge in [0.2, 0.25) is 0 Å². The summed E-state index contributed by atoms with van der Waals surface area (Å²) in [5.41, 5.74) is 2.21. The molecule has 0 atom stereocenters. The number of carboxylic acid groups (broad SMARTS) is 1. The van der Waals surface area contributed by atoms with Crippen molar-refractivity contribution in [1.29, 1.82) is 0 Å². The summed E-state index contributed by atoms with van der Waals surface area (Å²) >= 11 is 13.7. The van der Waals surface area contributed by atoms with E-state index in [4.69, 9.17) is 27.9 Å². The number of nitrogens with zero attached hydrogens (tertiary/aromatic N) is 2. The van der Waals surface area contributed by atoms with Gasteiger partial charge in [0.25, 0.3) is 5.69 Å². The summed E-state index contributed by atoms with van der Waals surface area (Å²) in [6.07, 6.45) is -1.53. The third-order valence-corrected chi connectivity index (χ3v) is 5.98. The molecule has 0 aliphatic rings. The largest absolute Gasteiger partial charge is 0.511 e. The summed E-state index contributed by atoms with van der Waals surface area (Å²) in [6, 6.07) is 15.9. The predicted octanol–water partition coefficient (Wildman–Crippen LogP) is 7.42. The van der Waals surface area contributed by atoms with Gasteiger partial charge in [-0.3, -0.25) is 10.1 Å². The molecule has 1 aromatic heterocycles. The van der Waals surface area contributed by atoms with Crippen molar-refractivity contribution < 1.29 is 19.6 Å². The smallest absolute Gasteiger partial charge is 0.449 e. The van der Waals surface area contributed by atoms with Crippen LogP contribution in [-0.4, -0.2) is 21.2 Å². The maximum atomic E-state index is 11.4. The number of hydrogen-bond donors (Lipinski definition) is 1. The molecule has 32 heavy (non-hydrogen) atoms. The van der Waals surface area contributed by atoms with Crippen molar-refractivity contribution in [3.8, 4) is 38.7 Å². The number of nitro groups is 1. The van der Waals surface area contributed by atoms with Crippen LogP contribution in [0.1, 0.15) is 0 Å². The van der Waals surface area contributed by atoms with E-state index in [1.807, 2.05) is 0 Å². The first-order valence-electron chi connectivity index (χ1n) is 9.03. The topological polar surface area (TPSA) is 103 Å². The average Bonchev–Trinajstić information content (AvgIpc) is 3.25. The zero-order valence-electron chi connectivity index (χ0n) is 16.0. The van der Waals surface area contributed by atoms with Crippen molar-refractivity contribution in [3.63, 3.8) is 0 Å². The summed E-state index contributed by atoms with van der Waals surface area (Å²) in [4.78, 5) is 26.8. The molecule has 1 heterocycles. The molecule has 160 valence electrons. The van der Waals surface area contributed by atoms with Gasteiger partial charge in [-0.1, -0.05) is 41.4 Å². The van der Waals surface area contributed by atoms with Gasteiger partial charge in [-0.2, -0.15) is 0 Å². The van der Waals surface area contributed by atoms with Gasteiger partial charge in [0.15, 0.2) is 0 Å². The van der Waals surface area contributed by atoms with E-state index in [-0.39, 0.29) is 22.6 Å². The summed E-state index contributed by atoms with van der Waals surface area (Å²) in [7, 11) is 0. The lowest BCUT2D eigenvalue weighted by Gasteiger charge is -2.10. The van der Waals surface area contributed by atoms with Crippen molar-refractivity contribution in [2.24, 2.45) is 0 Å². The fraction of sp³-hybridized carbons (Fsp3) is 0. The van der Waals surface area contributed by atoms with Gasteiger partial charge in [-0.15, -0.1) is 11.3 Å². The zero-order chi connectivity index (χ0) is 22.8. The molecule has 0 fully saturated rings. The van der Waals surface area contributed by atoms with E-state index in [9.17, 15) is 20.0 Å². The lowest BCUT2D eigenvalue weighted by atomic mass is 10.0. The Morgan fingerprint density at radius 1 is 1.03 bits per heavy atom. The molecular formula is C22H12Cl2N2O5S. The molecule has 4 aromatic rings. The van der Waals surface area contributed by atoms with Crippen LogP contribution in [0.2, 0.25) is 10.0 Å². The van der Waals surface area contributed by atoms with Gasteiger partial charge in [-0.05, 0) is 36.4 Å². The number of hydrogen-bond acceptors (Lipinski definition) is 6. The van der Waals surface area contributed by atoms with Crippen molar-refractivity contribution in [3.05, 3.63) is 86.2 Å². The van der Waals surface area contributed by atoms with Crippen LogP contribution in [0.25, 0.3) is 33.0 Å². The van der Waals surface area contributed by atoms with Crippen LogP contribution >= 0.6 is 34.5 Å². The number of para-hydroxylation sites is 1. The van der Waals surface area contributed by atoms with Gasteiger partial charge < -0.3 is 9.84 Å². The van der Waals surface area contributed by atoms with Crippen molar-refractivity contribution in [2.45, 2.75) is 0 Å². The fourth-order valence-electron chi connectivity index (χ4n) is 3.14. The second-order valence-corrected chi connectivity index (χ2v) is 8.22. The Balaban J connectivity index is 1.80.